The van der Waals surface area contributed by atoms with Gasteiger partial charge in [-0.05, 0) is 84.9 Å². The maximum absolute atomic E-state index is 11.1. The number of aryl methyl sites for hydroxylation is 1. The summed E-state index contributed by atoms with van der Waals surface area (Å²) in [6.07, 6.45) is 15.3. The Balaban J connectivity index is 1.44. The maximum atomic E-state index is 11.1. The fourth-order valence-corrected chi connectivity index (χ4v) is 5.82. The van der Waals surface area contributed by atoms with Gasteiger partial charge in [0.15, 0.2) is 0 Å². The van der Waals surface area contributed by atoms with E-state index >= 15 is 0 Å². The molecule has 1 aliphatic heterocycles. The average Bonchev–Trinajstić information content (AvgIpc) is 2.84. The predicted molar refractivity (Wildman–Crippen MR) is 126 cm³/mol. The number of phenolic OH excluding ortho intramolecular Hbond substituents is 1. The first kappa shape index (κ1) is 20.1. The summed E-state index contributed by atoms with van der Waals surface area (Å²) in [7, 11) is 0. The number of piperidine rings is 1. The van der Waals surface area contributed by atoms with Crippen molar-refractivity contribution in [3.8, 4) is 5.75 Å². The summed E-state index contributed by atoms with van der Waals surface area (Å²) in [6.45, 7) is 1.91. The number of fused-ring (bicyclic) bond motifs is 1. The van der Waals surface area contributed by atoms with Gasteiger partial charge in [0.05, 0.1) is 0 Å². The number of hydrogen-bond donors (Lipinski definition) is 1. The Morgan fingerprint density at radius 3 is 2.48 bits per heavy atom. The Labute approximate surface area is 185 Å². The summed E-state index contributed by atoms with van der Waals surface area (Å²) in [4.78, 5) is 13.5. The fraction of sp³-hybridized carbons (Fsp3) is 0.393. The van der Waals surface area contributed by atoms with Gasteiger partial charge in [-0.2, -0.15) is 0 Å². The summed E-state index contributed by atoms with van der Waals surface area (Å²) in [6, 6.07) is 15.1. The van der Waals surface area contributed by atoms with Crippen LogP contribution in [-0.4, -0.2) is 24.5 Å². The van der Waals surface area contributed by atoms with Crippen LogP contribution in [0, 0.1) is 17.8 Å². The van der Waals surface area contributed by atoms with Crippen LogP contribution in [0.5, 0.6) is 5.75 Å². The second-order valence-corrected chi connectivity index (χ2v) is 9.33. The van der Waals surface area contributed by atoms with E-state index in [1.165, 1.54) is 22.4 Å². The number of carbonyl (C=O) groups is 1. The van der Waals surface area contributed by atoms with Crippen LogP contribution in [0.15, 0.2) is 66.8 Å². The number of aldehydes is 1. The first-order chi connectivity index (χ1) is 15.2. The highest BCUT2D eigenvalue weighted by atomic mass is 16.3. The molecule has 0 saturated carbocycles. The van der Waals surface area contributed by atoms with Gasteiger partial charge in [-0.3, -0.25) is 0 Å². The number of nitrogens with zero attached hydrogens (tertiary/aromatic N) is 1. The van der Waals surface area contributed by atoms with E-state index in [0.29, 0.717) is 23.5 Å². The lowest BCUT2D eigenvalue weighted by atomic mass is 9.66. The Bertz CT molecular complexity index is 983. The van der Waals surface area contributed by atoms with Gasteiger partial charge in [-0.15, -0.1) is 0 Å². The van der Waals surface area contributed by atoms with E-state index in [4.69, 9.17) is 0 Å². The van der Waals surface area contributed by atoms with Gasteiger partial charge < -0.3 is 14.8 Å². The molecule has 0 aromatic heterocycles. The summed E-state index contributed by atoms with van der Waals surface area (Å²) in [5.74, 6) is 2.06. The van der Waals surface area contributed by atoms with E-state index in [9.17, 15) is 9.90 Å². The van der Waals surface area contributed by atoms with Crippen molar-refractivity contribution in [3.63, 3.8) is 0 Å². The number of phenols is 1. The van der Waals surface area contributed by atoms with Crippen LogP contribution in [0.2, 0.25) is 0 Å². The highest BCUT2D eigenvalue weighted by molar-refractivity contribution is 5.56. The summed E-state index contributed by atoms with van der Waals surface area (Å²) in [5.41, 5.74) is 5.28. The van der Waals surface area contributed by atoms with Crippen molar-refractivity contribution in [3.05, 3.63) is 83.5 Å². The lowest BCUT2D eigenvalue weighted by Crippen LogP contribution is -2.34. The van der Waals surface area contributed by atoms with Crippen LogP contribution < -0.4 is 4.90 Å². The van der Waals surface area contributed by atoms with Crippen LogP contribution >= 0.6 is 0 Å². The van der Waals surface area contributed by atoms with E-state index in [2.05, 4.69) is 59.5 Å². The first-order valence-corrected chi connectivity index (χ1v) is 11.7. The molecule has 1 saturated heterocycles. The van der Waals surface area contributed by atoms with Crippen molar-refractivity contribution in [2.45, 2.75) is 38.0 Å². The molecule has 31 heavy (non-hydrogen) atoms. The lowest BCUT2D eigenvalue weighted by Gasteiger charge is -2.39. The van der Waals surface area contributed by atoms with Crippen LogP contribution in [0.4, 0.5) is 5.69 Å². The topological polar surface area (TPSA) is 40.5 Å². The largest absolute Gasteiger partial charge is 0.508 e. The molecular formula is C28H31NO2. The van der Waals surface area contributed by atoms with Crippen molar-refractivity contribution in [1.82, 2.24) is 0 Å². The summed E-state index contributed by atoms with van der Waals surface area (Å²) >= 11 is 0. The SMILES string of the molecule is O=CC1CCN(c2ccc([C@@H]3c4ccc(O)cc4CC[C@@H]3C3C=CC=CC3)cc2)CC1. The molecule has 3 atom stereocenters. The molecule has 1 heterocycles. The third-order valence-electron chi connectivity index (χ3n) is 7.55. The van der Waals surface area contributed by atoms with Gasteiger partial charge in [0, 0.05) is 30.6 Å². The second kappa shape index (κ2) is 8.74. The Morgan fingerprint density at radius 2 is 1.77 bits per heavy atom. The van der Waals surface area contributed by atoms with E-state index in [1.807, 2.05) is 12.1 Å². The number of carbonyl (C=O) groups excluding carboxylic acids is 1. The molecule has 2 aromatic carbocycles. The average molecular weight is 414 g/mol. The maximum Gasteiger partial charge on any atom is 0.123 e. The van der Waals surface area contributed by atoms with Crippen molar-refractivity contribution >= 4 is 12.0 Å². The third-order valence-corrected chi connectivity index (χ3v) is 7.55. The van der Waals surface area contributed by atoms with Crippen molar-refractivity contribution in [2.75, 3.05) is 18.0 Å². The van der Waals surface area contributed by atoms with Crippen LogP contribution in [0.1, 0.15) is 48.3 Å². The molecule has 2 aromatic rings. The van der Waals surface area contributed by atoms with E-state index in [1.54, 1.807) is 0 Å². The first-order valence-electron chi connectivity index (χ1n) is 11.7. The molecule has 0 spiro atoms. The zero-order chi connectivity index (χ0) is 21.2. The van der Waals surface area contributed by atoms with Crippen LogP contribution in [0.3, 0.4) is 0 Å². The molecule has 3 nitrogen and oxygen atoms in total. The van der Waals surface area contributed by atoms with Gasteiger partial charge in [0.1, 0.15) is 12.0 Å². The monoisotopic (exact) mass is 413 g/mol. The summed E-state index contributed by atoms with van der Waals surface area (Å²) < 4.78 is 0. The molecule has 0 radical (unpaired) electrons. The highest BCUT2D eigenvalue weighted by Gasteiger charge is 2.35. The number of allylic oxidation sites excluding steroid dienone is 4. The number of benzene rings is 2. The third kappa shape index (κ3) is 4.06. The molecule has 5 rings (SSSR count). The minimum atomic E-state index is 0.226. The molecule has 0 bridgehead atoms. The lowest BCUT2D eigenvalue weighted by molar-refractivity contribution is -0.111. The Hall–Kier alpha value is -2.81. The van der Waals surface area contributed by atoms with E-state index in [0.717, 1.165) is 51.5 Å². The molecule has 160 valence electrons. The molecule has 1 N–H and O–H groups in total. The molecule has 3 heteroatoms. The predicted octanol–water partition coefficient (Wildman–Crippen LogP) is 5.63. The highest BCUT2D eigenvalue weighted by Crippen LogP contribution is 2.47. The zero-order valence-corrected chi connectivity index (χ0v) is 18.0. The molecule has 1 fully saturated rings. The number of hydrogen-bond acceptors (Lipinski definition) is 3. The van der Waals surface area contributed by atoms with Gasteiger partial charge in [0.2, 0.25) is 0 Å². The number of anilines is 1. The van der Waals surface area contributed by atoms with Gasteiger partial charge in [0.25, 0.3) is 0 Å². The van der Waals surface area contributed by atoms with E-state index in [-0.39, 0.29) is 5.92 Å². The quantitative estimate of drug-likeness (QED) is 0.660. The van der Waals surface area contributed by atoms with Gasteiger partial charge in [-0.25, -0.2) is 0 Å². The van der Waals surface area contributed by atoms with E-state index < -0.39 is 0 Å². The molecule has 1 unspecified atom stereocenters. The minimum absolute atomic E-state index is 0.226. The standard InChI is InChI=1S/C28H31NO2/c30-19-20-14-16-29(17-15-20)24-9-6-22(7-10-24)28-26(21-4-2-1-3-5-21)12-8-23-18-25(31)11-13-27(23)28/h1-4,6-7,9-11,13,18-21,26,28,31H,5,8,12,14-17H2/t21?,26-,28+/m1/s1. The smallest absolute Gasteiger partial charge is 0.123 e. The Morgan fingerprint density at radius 1 is 0.968 bits per heavy atom. The van der Waals surface area contributed by atoms with Crippen molar-refractivity contribution in [1.29, 1.82) is 0 Å². The number of aromatic hydroxyl groups is 1. The van der Waals surface area contributed by atoms with Crippen molar-refractivity contribution in [2.24, 2.45) is 17.8 Å². The minimum Gasteiger partial charge on any atom is -0.508 e. The van der Waals surface area contributed by atoms with Crippen LogP contribution in [0.25, 0.3) is 0 Å². The molecule has 2 aliphatic carbocycles. The van der Waals surface area contributed by atoms with Crippen molar-refractivity contribution < 1.29 is 9.90 Å². The fourth-order valence-electron chi connectivity index (χ4n) is 5.82. The zero-order valence-electron chi connectivity index (χ0n) is 18.0. The summed E-state index contributed by atoms with van der Waals surface area (Å²) in [5, 5.41) is 10.0. The van der Waals surface area contributed by atoms with Gasteiger partial charge >= 0.3 is 0 Å². The second-order valence-electron chi connectivity index (χ2n) is 9.33. The normalized spacial score (nSPS) is 25.9. The molecule has 3 aliphatic rings. The van der Waals surface area contributed by atoms with Gasteiger partial charge in [-0.1, -0.05) is 42.5 Å². The van der Waals surface area contributed by atoms with Crippen LogP contribution in [-0.2, 0) is 11.2 Å². The Kier molecular flexibility index (Phi) is 5.67. The number of rotatable bonds is 4. The molecular weight excluding hydrogens is 382 g/mol. The molecule has 0 amide bonds.